The number of hydrogen-bond donors (Lipinski definition) is 3. The Balaban J connectivity index is 2.67. The van der Waals surface area contributed by atoms with Crippen molar-refractivity contribution in [2.24, 2.45) is 0 Å². The van der Waals surface area contributed by atoms with Crippen LogP contribution in [0.3, 0.4) is 0 Å². The number of aromatic nitrogens is 1. The normalized spacial score (nSPS) is 9.89. The van der Waals surface area contributed by atoms with Gasteiger partial charge in [-0.25, -0.2) is 9.78 Å². The van der Waals surface area contributed by atoms with Gasteiger partial charge in [0.05, 0.1) is 6.54 Å². The average Bonchev–Trinajstić information content (AvgIpc) is 2.34. The molecule has 0 aromatic carbocycles. The number of amides is 1. The molecule has 0 bridgehead atoms. The standard InChI is InChI=1S/C11H14BrN3O3/c1-2-3-13-9(16)6-15-10-8(11(17)18)4-7(12)5-14-10/h4-5H,2-3,6H2,1H3,(H,13,16)(H,14,15)(H,17,18). The van der Waals surface area contributed by atoms with Crippen LogP contribution in [0, 0.1) is 0 Å². The molecule has 0 fully saturated rings. The van der Waals surface area contributed by atoms with E-state index in [4.69, 9.17) is 5.11 Å². The third kappa shape index (κ3) is 4.33. The van der Waals surface area contributed by atoms with Gasteiger partial charge in [0.2, 0.25) is 5.91 Å². The zero-order chi connectivity index (χ0) is 13.5. The number of carbonyl (C=O) groups excluding carboxylic acids is 1. The van der Waals surface area contributed by atoms with Gasteiger partial charge in [0.25, 0.3) is 0 Å². The number of carboxylic acids is 1. The van der Waals surface area contributed by atoms with Crippen LogP contribution in [-0.4, -0.2) is 35.1 Å². The maximum absolute atomic E-state index is 11.4. The third-order valence-corrected chi connectivity index (χ3v) is 2.51. The van der Waals surface area contributed by atoms with Crippen LogP contribution in [0.25, 0.3) is 0 Å². The molecule has 7 heteroatoms. The summed E-state index contributed by atoms with van der Waals surface area (Å²) < 4.78 is 0.570. The number of nitrogens with zero attached hydrogens (tertiary/aromatic N) is 1. The summed E-state index contributed by atoms with van der Waals surface area (Å²) in [5, 5.41) is 14.4. The maximum atomic E-state index is 11.4. The van der Waals surface area contributed by atoms with Crippen molar-refractivity contribution in [1.29, 1.82) is 0 Å². The van der Waals surface area contributed by atoms with Crippen molar-refractivity contribution in [3.05, 3.63) is 22.3 Å². The van der Waals surface area contributed by atoms with E-state index in [9.17, 15) is 9.59 Å². The minimum absolute atomic E-state index is 0.00505. The fraction of sp³-hybridized carbons (Fsp3) is 0.364. The molecule has 0 aliphatic rings. The number of rotatable bonds is 6. The van der Waals surface area contributed by atoms with Gasteiger partial charge in [-0.1, -0.05) is 6.92 Å². The average molecular weight is 316 g/mol. The first-order valence-electron chi connectivity index (χ1n) is 5.44. The Morgan fingerprint density at radius 3 is 2.83 bits per heavy atom. The first-order valence-corrected chi connectivity index (χ1v) is 6.23. The van der Waals surface area contributed by atoms with Crippen LogP contribution in [0.1, 0.15) is 23.7 Å². The molecule has 1 rings (SSSR count). The first kappa shape index (κ1) is 14.4. The van der Waals surface area contributed by atoms with E-state index in [1.54, 1.807) is 0 Å². The summed E-state index contributed by atoms with van der Waals surface area (Å²) in [5.41, 5.74) is 0.0210. The van der Waals surface area contributed by atoms with Crippen LogP contribution in [0.2, 0.25) is 0 Å². The van der Waals surface area contributed by atoms with E-state index in [0.29, 0.717) is 11.0 Å². The maximum Gasteiger partial charge on any atom is 0.339 e. The Kier molecular flexibility index (Phi) is 5.57. The van der Waals surface area contributed by atoms with Gasteiger partial charge in [-0.05, 0) is 28.4 Å². The second-order valence-electron chi connectivity index (χ2n) is 3.56. The fourth-order valence-electron chi connectivity index (χ4n) is 1.23. The van der Waals surface area contributed by atoms with E-state index < -0.39 is 5.97 Å². The highest BCUT2D eigenvalue weighted by atomic mass is 79.9. The summed E-state index contributed by atoms with van der Waals surface area (Å²) in [6.07, 6.45) is 2.32. The largest absolute Gasteiger partial charge is 0.478 e. The van der Waals surface area contributed by atoms with Crippen molar-refractivity contribution in [2.75, 3.05) is 18.4 Å². The van der Waals surface area contributed by atoms with Crippen LogP contribution < -0.4 is 10.6 Å². The molecule has 98 valence electrons. The van der Waals surface area contributed by atoms with E-state index in [2.05, 4.69) is 31.5 Å². The topological polar surface area (TPSA) is 91.3 Å². The van der Waals surface area contributed by atoms with Gasteiger partial charge in [-0.3, -0.25) is 4.79 Å². The molecule has 1 aromatic heterocycles. The number of pyridine rings is 1. The predicted molar refractivity (Wildman–Crippen MR) is 70.7 cm³/mol. The van der Waals surface area contributed by atoms with E-state index in [1.807, 2.05) is 6.92 Å². The van der Waals surface area contributed by atoms with Gasteiger partial charge in [0.15, 0.2) is 0 Å². The summed E-state index contributed by atoms with van der Waals surface area (Å²) in [4.78, 5) is 26.3. The van der Waals surface area contributed by atoms with E-state index in [1.165, 1.54) is 12.3 Å². The lowest BCUT2D eigenvalue weighted by atomic mass is 10.2. The van der Waals surface area contributed by atoms with Crippen molar-refractivity contribution >= 4 is 33.6 Å². The van der Waals surface area contributed by atoms with Crippen molar-refractivity contribution in [2.45, 2.75) is 13.3 Å². The molecule has 0 saturated carbocycles. The number of carbonyl (C=O) groups is 2. The fourth-order valence-corrected chi connectivity index (χ4v) is 1.57. The van der Waals surface area contributed by atoms with Crippen molar-refractivity contribution < 1.29 is 14.7 Å². The lowest BCUT2D eigenvalue weighted by Gasteiger charge is -2.08. The molecule has 0 radical (unpaired) electrons. The minimum atomic E-state index is -1.10. The van der Waals surface area contributed by atoms with Crippen molar-refractivity contribution in [3.8, 4) is 0 Å². The molecule has 3 N–H and O–H groups in total. The SMILES string of the molecule is CCCNC(=O)CNc1ncc(Br)cc1C(=O)O. The zero-order valence-electron chi connectivity index (χ0n) is 9.86. The van der Waals surface area contributed by atoms with Crippen molar-refractivity contribution in [3.63, 3.8) is 0 Å². The predicted octanol–water partition coefficient (Wildman–Crippen LogP) is 1.48. The molecule has 0 aliphatic carbocycles. The number of anilines is 1. The monoisotopic (exact) mass is 315 g/mol. The van der Waals surface area contributed by atoms with Gasteiger partial charge in [0, 0.05) is 17.2 Å². The van der Waals surface area contributed by atoms with Gasteiger partial charge >= 0.3 is 5.97 Å². The molecular weight excluding hydrogens is 302 g/mol. The van der Waals surface area contributed by atoms with Gasteiger partial charge < -0.3 is 15.7 Å². The first-order chi connectivity index (χ1) is 8.54. The number of carboxylic acid groups (broad SMARTS) is 1. The molecular formula is C11H14BrN3O3. The minimum Gasteiger partial charge on any atom is -0.478 e. The summed E-state index contributed by atoms with van der Waals surface area (Å²) in [6, 6.07) is 1.43. The molecule has 0 saturated heterocycles. The second-order valence-corrected chi connectivity index (χ2v) is 4.47. The molecule has 6 nitrogen and oxygen atoms in total. The van der Waals surface area contributed by atoms with Gasteiger partial charge in [0.1, 0.15) is 11.4 Å². The highest BCUT2D eigenvalue weighted by Crippen LogP contribution is 2.17. The Morgan fingerprint density at radius 2 is 2.22 bits per heavy atom. The quantitative estimate of drug-likeness (QED) is 0.739. The van der Waals surface area contributed by atoms with E-state index in [0.717, 1.165) is 6.42 Å². The highest BCUT2D eigenvalue weighted by molar-refractivity contribution is 9.10. The molecule has 18 heavy (non-hydrogen) atoms. The second kappa shape index (κ2) is 6.95. The molecule has 1 heterocycles. The third-order valence-electron chi connectivity index (χ3n) is 2.07. The van der Waals surface area contributed by atoms with Crippen LogP contribution in [0.15, 0.2) is 16.7 Å². The van der Waals surface area contributed by atoms with Gasteiger partial charge in [-0.2, -0.15) is 0 Å². The number of nitrogens with one attached hydrogen (secondary N) is 2. The zero-order valence-corrected chi connectivity index (χ0v) is 11.5. The molecule has 1 amide bonds. The van der Waals surface area contributed by atoms with Crippen LogP contribution in [-0.2, 0) is 4.79 Å². The lowest BCUT2D eigenvalue weighted by Crippen LogP contribution is -2.30. The van der Waals surface area contributed by atoms with E-state index in [-0.39, 0.29) is 23.8 Å². The number of hydrogen-bond acceptors (Lipinski definition) is 4. The number of aromatic carboxylic acids is 1. The molecule has 0 spiro atoms. The smallest absolute Gasteiger partial charge is 0.339 e. The molecule has 0 unspecified atom stereocenters. The Bertz CT molecular complexity index is 451. The molecule has 0 aliphatic heterocycles. The molecule has 1 aromatic rings. The summed E-state index contributed by atoms with van der Waals surface area (Å²) in [7, 11) is 0. The Hall–Kier alpha value is -1.63. The van der Waals surface area contributed by atoms with E-state index >= 15 is 0 Å². The summed E-state index contributed by atoms with van der Waals surface area (Å²) in [6.45, 7) is 2.54. The summed E-state index contributed by atoms with van der Waals surface area (Å²) >= 11 is 3.15. The van der Waals surface area contributed by atoms with Gasteiger partial charge in [-0.15, -0.1) is 0 Å². The van der Waals surface area contributed by atoms with Crippen LogP contribution in [0.4, 0.5) is 5.82 Å². The van der Waals surface area contributed by atoms with Crippen LogP contribution in [0.5, 0.6) is 0 Å². The Labute approximate surface area is 113 Å². The molecule has 0 atom stereocenters. The lowest BCUT2D eigenvalue weighted by molar-refractivity contribution is -0.119. The highest BCUT2D eigenvalue weighted by Gasteiger charge is 2.12. The Morgan fingerprint density at radius 1 is 1.50 bits per heavy atom. The van der Waals surface area contributed by atoms with Crippen LogP contribution >= 0.6 is 15.9 Å². The summed E-state index contributed by atoms with van der Waals surface area (Å²) in [5.74, 6) is -1.12. The number of halogens is 1. The van der Waals surface area contributed by atoms with Crippen molar-refractivity contribution in [1.82, 2.24) is 10.3 Å².